The number of urea groups is 1. The molecule has 4 atom stereocenters. The first kappa shape index (κ1) is 27.3. The molecular weight excluding hydrogens is 607 g/mol. The van der Waals surface area contributed by atoms with Gasteiger partial charge in [0.2, 0.25) is 0 Å². The number of hydrogen-bond acceptors (Lipinski definition) is 6. The Kier molecular flexibility index (Phi) is 8.05. The van der Waals surface area contributed by atoms with Crippen LogP contribution in [-0.2, 0) is 9.59 Å². The number of carbonyl (C=O) groups is 5. The molecule has 0 radical (unpaired) electrons. The van der Waals surface area contributed by atoms with Gasteiger partial charge in [0.1, 0.15) is 4.75 Å². The predicted molar refractivity (Wildman–Crippen MR) is 133 cm³/mol. The van der Waals surface area contributed by atoms with Crippen LogP contribution in [0.15, 0.2) is 48.5 Å². The van der Waals surface area contributed by atoms with Gasteiger partial charge in [-0.1, -0.05) is 30.7 Å². The first-order valence-electron chi connectivity index (χ1n) is 12.0. The summed E-state index contributed by atoms with van der Waals surface area (Å²) in [4.78, 5) is 64.1. The first-order chi connectivity index (χ1) is 17.3. The van der Waals surface area contributed by atoms with Gasteiger partial charge >= 0.3 is 11.9 Å². The summed E-state index contributed by atoms with van der Waals surface area (Å²) >= 11 is 1.46. The summed E-state index contributed by atoms with van der Waals surface area (Å²) in [6.45, 7) is 1.38. The van der Waals surface area contributed by atoms with Crippen LogP contribution in [-0.4, -0.2) is 52.0 Å². The van der Waals surface area contributed by atoms with Crippen LogP contribution in [0.25, 0.3) is 0 Å². The zero-order chi connectivity index (χ0) is 25.4. The summed E-state index contributed by atoms with van der Waals surface area (Å²) in [5, 5.41) is 5.90. The molecule has 5 aliphatic rings. The summed E-state index contributed by atoms with van der Waals surface area (Å²) in [5.41, 5.74) is 4.78. The van der Waals surface area contributed by atoms with Crippen molar-refractivity contribution >= 4 is 46.9 Å². The summed E-state index contributed by atoms with van der Waals surface area (Å²) in [6, 6.07) is 12.2. The number of quaternary nitrogens is 1. The lowest BCUT2D eigenvalue weighted by Crippen LogP contribution is -3.17. The van der Waals surface area contributed by atoms with Crippen LogP contribution in [0.5, 0.6) is 0 Å². The Labute approximate surface area is 235 Å². The van der Waals surface area contributed by atoms with Crippen molar-refractivity contribution in [2.45, 2.75) is 49.4 Å². The van der Waals surface area contributed by atoms with Gasteiger partial charge in [-0.15, -0.1) is 16.8 Å². The van der Waals surface area contributed by atoms with Crippen molar-refractivity contribution in [1.29, 1.82) is 0 Å². The van der Waals surface area contributed by atoms with Crippen molar-refractivity contribution in [3.8, 4) is 0 Å². The first-order valence-corrected chi connectivity index (χ1v) is 13.0. The zero-order valence-corrected chi connectivity index (χ0v) is 23.1. The van der Waals surface area contributed by atoms with Crippen LogP contribution in [0.2, 0.25) is 0 Å². The van der Waals surface area contributed by atoms with Gasteiger partial charge in [-0.25, -0.2) is 9.59 Å². The van der Waals surface area contributed by atoms with E-state index in [1.807, 2.05) is 0 Å². The highest BCUT2D eigenvalue weighted by Gasteiger charge is 2.58. The number of benzene rings is 2. The van der Waals surface area contributed by atoms with Crippen molar-refractivity contribution in [3.05, 3.63) is 65.2 Å². The number of ketones is 2. The summed E-state index contributed by atoms with van der Waals surface area (Å²) in [7, 11) is 0. The molecule has 2 aromatic rings. The molecule has 2 saturated heterocycles. The summed E-state index contributed by atoms with van der Waals surface area (Å²) in [5.74, 6) is -0.336. The minimum Gasteiger partial charge on any atom is -1.00 e. The quantitative estimate of drug-likeness (QED) is 0.203. The van der Waals surface area contributed by atoms with Crippen LogP contribution >= 0.6 is 11.8 Å². The molecule has 5 heterocycles. The van der Waals surface area contributed by atoms with E-state index in [-0.39, 0.29) is 64.4 Å². The highest BCUT2D eigenvalue weighted by molar-refractivity contribution is 8.01. The average Bonchev–Trinajstić information content (AvgIpc) is 3.42. The Hall–Kier alpha value is -2.77. The predicted octanol–water partition coefficient (Wildman–Crippen LogP) is -1.69. The van der Waals surface area contributed by atoms with E-state index in [1.54, 1.807) is 48.5 Å². The van der Waals surface area contributed by atoms with Gasteiger partial charge in [0, 0.05) is 41.0 Å². The van der Waals surface area contributed by atoms with Gasteiger partial charge in [-0.05, 0) is 25.0 Å². The fourth-order valence-corrected chi connectivity index (χ4v) is 6.78. The SMILES string of the molecule is CC(=O)[NH+]1NC(=O)[C@@]2(CCCCC(=O)c3ccc(cc3)C(=O)c3ccc1cc3)SC[C@@H]1NC(=O)N[C@@H]12.[I-]. The van der Waals surface area contributed by atoms with Crippen molar-refractivity contribution < 1.29 is 53.0 Å². The van der Waals surface area contributed by atoms with Gasteiger partial charge in [0.15, 0.2) is 17.3 Å². The van der Waals surface area contributed by atoms with E-state index >= 15 is 0 Å². The topological polar surface area (TPSA) is 126 Å². The average molecular weight is 634 g/mol. The minimum atomic E-state index is -0.990. The number of thioether (sulfide) groups is 1. The maximum Gasteiger partial charge on any atom is 0.338 e. The number of fused-ring (bicyclic) bond motifs is 3. The molecule has 0 saturated carbocycles. The fraction of sp³-hybridized carbons (Fsp3) is 0.346. The number of hydrogen-bond donors (Lipinski definition) is 4. The number of halogens is 1. The Morgan fingerprint density at radius 2 is 1.54 bits per heavy atom. The van der Waals surface area contributed by atoms with Crippen LogP contribution in [0.1, 0.15) is 58.9 Å². The number of amides is 4. The Bertz CT molecular complexity index is 1250. The Morgan fingerprint density at radius 3 is 2.19 bits per heavy atom. The van der Waals surface area contributed by atoms with Crippen LogP contribution < -0.4 is 45.0 Å². The molecule has 2 aromatic carbocycles. The molecule has 5 aliphatic heterocycles. The molecule has 194 valence electrons. The van der Waals surface area contributed by atoms with E-state index in [1.165, 1.54) is 18.7 Å². The second-order valence-corrected chi connectivity index (χ2v) is 10.8. The molecule has 4 amide bonds. The van der Waals surface area contributed by atoms with E-state index in [2.05, 4.69) is 16.1 Å². The van der Waals surface area contributed by atoms with Gasteiger partial charge in [0.05, 0.1) is 19.0 Å². The molecule has 7 rings (SSSR count). The Morgan fingerprint density at radius 1 is 0.919 bits per heavy atom. The standard InChI is InChI=1S/C26H26N4O5S.HI/c1-15(31)30-19-11-9-18(10-12-19)22(33)17-7-5-16(6-8-17)21(32)4-2-3-13-26(24(34)29-30)23-20(14-36-26)27-25(35)28-23;/h5-12,20,23H,2-4,13-14H2,1H3,(H,29,34)(H2,27,28,35);1H/t20-,23-,26-;/m0./s1. The molecule has 0 aliphatic carbocycles. The third-order valence-electron chi connectivity index (χ3n) is 7.11. The third kappa shape index (κ3) is 5.16. The zero-order valence-electron chi connectivity index (χ0n) is 20.1. The number of nitrogens with one attached hydrogen (secondary N) is 4. The van der Waals surface area contributed by atoms with E-state index in [4.69, 9.17) is 0 Å². The van der Waals surface area contributed by atoms with Crippen LogP contribution in [0.4, 0.5) is 10.5 Å². The highest BCUT2D eigenvalue weighted by atomic mass is 127. The fourth-order valence-electron chi connectivity index (χ4n) is 5.15. The molecule has 11 heteroatoms. The smallest absolute Gasteiger partial charge is 0.338 e. The molecular formula is C26H27IN4O5S. The van der Waals surface area contributed by atoms with E-state index < -0.39 is 10.8 Å². The van der Waals surface area contributed by atoms with E-state index in [0.29, 0.717) is 53.8 Å². The third-order valence-corrected chi connectivity index (χ3v) is 8.79. The second kappa shape index (κ2) is 10.9. The van der Waals surface area contributed by atoms with E-state index in [0.717, 1.165) is 0 Å². The normalized spacial score (nSPS) is 27.5. The molecule has 4 N–H and O–H groups in total. The number of Topliss-reactive ketones (excluding diaryl/α,β-unsaturated/α-hetero) is 1. The van der Waals surface area contributed by atoms with Crippen molar-refractivity contribution in [3.63, 3.8) is 0 Å². The van der Waals surface area contributed by atoms with Crippen LogP contribution in [0.3, 0.4) is 0 Å². The lowest BCUT2D eigenvalue weighted by atomic mass is 9.88. The highest BCUT2D eigenvalue weighted by Crippen LogP contribution is 2.44. The number of carbonyl (C=O) groups excluding carboxylic acids is 5. The second-order valence-electron chi connectivity index (χ2n) is 9.40. The maximum absolute atomic E-state index is 13.8. The van der Waals surface area contributed by atoms with E-state index in [9.17, 15) is 24.0 Å². The molecule has 2 fully saturated rings. The van der Waals surface area contributed by atoms with Gasteiger partial charge < -0.3 is 34.6 Å². The van der Waals surface area contributed by atoms with Crippen molar-refractivity contribution in [2.75, 3.05) is 5.75 Å². The molecule has 4 bridgehead atoms. The lowest BCUT2D eigenvalue weighted by molar-refractivity contribution is -0.789. The lowest BCUT2D eigenvalue weighted by Gasteiger charge is -2.32. The maximum atomic E-state index is 13.8. The van der Waals surface area contributed by atoms with Gasteiger partial charge in [-0.2, -0.15) is 5.43 Å². The Balaban J connectivity index is 0.00000320. The molecule has 1 spiro atoms. The molecule has 0 aromatic heterocycles. The number of rotatable bonds is 0. The summed E-state index contributed by atoms with van der Waals surface area (Å²) < 4.78 is -0.990. The van der Waals surface area contributed by atoms with Gasteiger partial charge in [0.25, 0.3) is 5.91 Å². The largest absolute Gasteiger partial charge is 1.00 e. The van der Waals surface area contributed by atoms with Crippen molar-refractivity contribution in [1.82, 2.24) is 16.1 Å². The van der Waals surface area contributed by atoms with Crippen molar-refractivity contribution in [2.24, 2.45) is 0 Å². The molecule has 9 nitrogen and oxygen atoms in total. The van der Waals surface area contributed by atoms with Crippen LogP contribution in [0, 0.1) is 0 Å². The molecule has 37 heavy (non-hydrogen) atoms. The molecule has 1 unspecified atom stereocenters. The minimum absolute atomic E-state index is 0. The summed E-state index contributed by atoms with van der Waals surface area (Å²) in [6.07, 6.45) is 1.90. The van der Waals surface area contributed by atoms with Gasteiger partial charge in [-0.3, -0.25) is 14.4 Å². The monoisotopic (exact) mass is 634 g/mol.